The van der Waals surface area contributed by atoms with E-state index >= 15 is 0 Å². The molecule has 3 rings (SSSR count). The van der Waals surface area contributed by atoms with Crippen molar-refractivity contribution in [2.24, 2.45) is 11.7 Å². The molecular formula is C14H18N4O2. The minimum atomic E-state index is -0.478. The van der Waals surface area contributed by atoms with E-state index in [-0.39, 0.29) is 18.2 Å². The molecule has 0 spiro atoms. The molecule has 1 saturated heterocycles. The van der Waals surface area contributed by atoms with Crippen LogP contribution in [0.25, 0.3) is 10.9 Å². The number of nitrogens with zero attached hydrogens (tertiary/aromatic N) is 2. The van der Waals surface area contributed by atoms with Crippen LogP contribution in [0.5, 0.6) is 0 Å². The number of aromatic amines is 1. The summed E-state index contributed by atoms with van der Waals surface area (Å²) in [6.07, 6.45) is 3.34. The largest absolute Gasteiger partial charge is 0.391 e. The zero-order valence-corrected chi connectivity index (χ0v) is 11.1. The lowest BCUT2D eigenvalue weighted by Gasteiger charge is -2.13. The Balaban J connectivity index is 1.68. The minimum absolute atomic E-state index is 0.0569. The number of carbonyl (C=O) groups is 1. The van der Waals surface area contributed by atoms with E-state index in [1.54, 1.807) is 6.20 Å². The Labute approximate surface area is 116 Å². The number of aliphatic hydroxyl groups excluding tert-OH is 1. The van der Waals surface area contributed by atoms with E-state index in [2.05, 4.69) is 20.9 Å². The lowest BCUT2D eigenvalue weighted by molar-refractivity contribution is -0.119. The highest BCUT2D eigenvalue weighted by molar-refractivity contribution is 5.79. The van der Waals surface area contributed by atoms with E-state index in [9.17, 15) is 9.90 Å². The highest BCUT2D eigenvalue weighted by Gasteiger charge is 2.32. The molecule has 4 N–H and O–H groups in total. The highest BCUT2D eigenvalue weighted by Crippen LogP contribution is 2.23. The van der Waals surface area contributed by atoms with Crippen molar-refractivity contribution in [3.8, 4) is 0 Å². The van der Waals surface area contributed by atoms with Gasteiger partial charge in [-0.25, -0.2) is 0 Å². The number of pyridine rings is 1. The van der Waals surface area contributed by atoms with E-state index in [0.29, 0.717) is 13.1 Å². The van der Waals surface area contributed by atoms with Gasteiger partial charge in [0.2, 0.25) is 5.91 Å². The van der Waals surface area contributed by atoms with E-state index in [1.165, 1.54) is 0 Å². The number of rotatable bonds is 4. The van der Waals surface area contributed by atoms with Gasteiger partial charge in [0.1, 0.15) is 0 Å². The first-order chi connectivity index (χ1) is 9.61. The number of β-amino-alcohol motifs (C(OH)–C–C–N with tert-alkyl or cyclic N) is 1. The zero-order chi connectivity index (χ0) is 14.1. The van der Waals surface area contributed by atoms with Crippen LogP contribution in [-0.4, -0.2) is 45.1 Å². The first kappa shape index (κ1) is 13.1. The number of hydrogen-bond acceptors (Lipinski definition) is 4. The lowest BCUT2D eigenvalue weighted by atomic mass is 10.0. The summed E-state index contributed by atoms with van der Waals surface area (Å²) in [6, 6.07) is 4.00. The normalized spacial score (nSPS) is 23.4. The quantitative estimate of drug-likeness (QED) is 0.744. The summed E-state index contributed by atoms with van der Waals surface area (Å²) in [4.78, 5) is 20.5. The number of nitrogens with one attached hydrogen (secondary N) is 1. The van der Waals surface area contributed by atoms with Crippen molar-refractivity contribution in [2.45, 2.75) is 19.1 Å². The number of nitrogens with two attached hydrogens (primary N) is 1. The number of likely N-dealkylation sites (tertiary alicyclic amines) is 1. The number of primary amides is 1. The van der Waals surface area contributed by atoms with Crippen molar-refractivity contribution < 1.29 is 9.90 Å². The molecule has 0 aromatic carbocycles. The van der Waals surface area contributed by atoms with Gasteiger partial charge in [-0.1, -0.05) is 0 Å². The fourth-order valence-corrected chi connectivity index (χ4v) is 2.89. The van der Waals surface area contributed by atoms with E-state index < -0.39 is 6.10 Å². The molecule has 0 unspecified atom stereocenters. The average molecular weight is 274 g/mol. The zero-order valence-electron chi connectivity index (χ0n) is 11.1. The number of amides is 1. The summed E-state index contributed by atoms with van der Waals surface area (Å²) in [7, 11) is 0. The van der Waals surface area contributed by atoms with Crippen LogP contribution in [0.3, 0.4) is 0 Å². The molecule has 2 aromatic heterocycles. The summed E-state index contributed by atoms with van der Waals surface area (Å²) < 4.78 is 0. The fraction of sp³-hybridized carbons (Fsp3) is 0.429. The van der Waals surface area contributed by atoms with Crippen molar-refractivity contribution in [1.29, 1.82) is 0 Å². The van der Waals surface area contributed by atoms with Crippen LogP contribution >= 0.6 is 0 Å². The Morgan fingerprint density at radius 2 is 2.40 bits per heavy atom. The van der Waals surface area contributed by atoms with E-state index in [4.69, 9.17) is 5.73 Å². The summed E-state index contributed by atoms with van der Waals surface area (Å²) in [6.45, 7) is 1.99. The van der Waals surface area contributed by atoms with Gasteiger partial charge in [-0.2, -0.15) is 0 Å². The Kier molecular flexibility index (Phi) is 3.42. The molecule has 106 valence electrons. The van der Waals surface area contributed by atoms with Gasteiger partial charge in [-0.3, -0.25) is 14.7 Å². The molecule has 6 heteroatoms. The van der Waals surface area contributed by atoms with Crippen LogP contribution in [0.1, 0.15) is 12.1 Å². The maximum absolute atomic E-state index is 11.0. The van der Waals surface area contributed by atoms with Gasteiger partial charge >= 0.3 is 0 Å². The molecule has 0 aliphatic carbocycles. The van der Waals surface area contributed by atoms with Crippen LogP contribution in [0.4, 0.5) is 0 Å². The van der Waals surface area contributed by atoms with E-state index in [0.717, 1.165) is 23.1 Å². The van der Waals surface area contributed by atoms with Crippen LogP contribution < -0.4 is 5.73 Å². The van der Waals surface area contributed by atoms with Gasteiger partial charge in [0.15, 0.2) is 0 Å². The second-order valence-corrected chi connectivity index (χ2v) is 5.45. The molecule has 6 nitrogen and oxygen atoms in total. The molecule has 1 aliphatic rings. The van der Waals surface area contributed by atoms with Crippen molar-refractivity contribution in [3.05, 3.63) is 30.2 Å². The van der Waals surface area contributed by atoms with Crippen LogP contribution in [0, 0.1) is 5.92 Å². The van der Waals surface area contributed by atoms with Crippen molar-refractivity contribution in [1.82, 2.24) is 14.9 Å². The summed E-state index contributed by atoms with van der Waals surface area (Å²) in [5.74, 6) is -0.411. The standard InChI is InChI=1S/C14H18N4O2/c15-14(20)4-10-6-18(8-13(10)19)7-11-3-9-5-16-2-1-12(9)17-11/h1-3,5,10,13,17,19H,4,6-8H2,(H2,15,20)/t10-,13-/m1/s1. The molecule has 3 heterocycles. The third-order valence-electron chi connectivity index (χ3n) is 3.82. The third kappa shape index (κ3) is 2.66. The minimum Gasteiger partial charge on any atom is -0.391 e. The Bertz CT molecular complexity index is 591. The molecule has 0 saturated carbocycles. The van der Waals surface area contributed by atoms with Crippen molar-refractivity contribution in [2.75, 3.05) is 13.1 Å². The van der Waals surface area contributed by atoms with Gasteiger partial charge < -0.3 is 15.8 Å². The number of carbonyl (C=O) groups excluding carboxylic acids is 1. The topological polar surface area (TPSA) is 95.2 Å². The average Bonchev–Trinajstić information content (AvgIpc) is 2.92. The molecule has 1 amide bonds. The summed E-state index contributed by atoms with van der Waals surface area (Å²) in [5, 5.41) is 11.0. The van der Waals surface area contributed by atoms with Gasteiger partial charge in [-0.05, 0) is 12.1 Å². The Hall–Kier alpha value is -1.92. The molecule has 1 fully saturated rings. The van der Waals surface area contributed by atoms with Crippen LogP contribution in [-0.2, 0) is 11.3 Å². The first-order valence-electron chi connectivity index (χ1n) is 6.72. The van der Waals surface area contributed by atoms with E-state index in [1.807, 2.05) is 12.3 Å². The van der Waals surface area contributed by atoms with Gasteiger partial charge in [0.25, 0.3) is 0 Å². The molecular weight excluding hydrogens is 256 g/mol. The Morgan fingerprint density at radius 1 is 1.55 bits per heavy atom. The highest BCUT2D eigenvalue weighted by atomic mass is 16.3. The molecule has 2 atom stereocenters. The summed E-state index contributed by atoms with van der Waals surface area (Å²) in [5.41, 5.74) is 7.34. The second-order valence-electron chi connectivity index (χ2n) is 5.45. The van der Waals surface area contributed by atoms with Gasteiger partial charge in [0.05, 0.1) is 6.10 Å². The maximum atomic E-state index is 11.0. The van der Waals surface area contributed by atoms with Gasteiger partial charge in [-0.15, -0.1) is 0 Å². The monoisotopic (exact) mass is 274 g/mol. The molecule has 0 bridgehead atoms. The van der Waals surface area contributed by atoms with Crippen molar-refractivity contribution >= 4 is 16.8 Å². The molecule has 2 aromatic rings. The number of hydrogen-bond donors (Lipinski definition) is 3. The third-order valence-corrected chi connectivity index (χ3v) is 3.82. The van der Waals surface area contributed by atoms with Crippen LogP contribution in [0.2, 0.25) is 0 Å². The van der Waals surface area contributed by atoms with Gasteiger partial charge in [0, 0.05) is 61.0 Å². The fourth-order valence-electron chi connectivity index (χ4n) is 2.89. The molecule has 20 heavy (non-hydrogen) atoms. The SMILES string of the molecule is NC(=O)C[C@@H]1CN(Cc2cc3cnccc3[nH]2)C[C@H]1O. The van der Waals surface area contributed by atoms with Crippen molar-refractivity contribution in [3.63, 3.8) is 0 Å². The second kappa shape index (κ2) is 5.22. The number of aliphatic hydroxyl groups is 1. The number of H-pyrrole nitrogens is 1. The lowest BCUT2D eigenvalue weighted by Crippen LogP contribution is -2.24. The van der Waals surface area contributed by atoms with Crippen LogP contribution in [0.15, 0.2) is 24.5 Å². The smallest absolute Gasteiger partial charge is 0.217 e. The Morgan fingerprint density at radius 3 is 3.15 bits per heavy atom. The number of aromatic nitrogens is 2. The molecule has 0 radical (unpaired) electrons. The first-order valence-corrected chi connectivity index (χ1v) is 6.72. The summed E-state index contributed by atoms with van der Waals surface area (Å²) >= 11 is 0. The maximum Gasteiger partial charge on any atom is 0.217 e. The predicted octanol–water partition coefficient (Wildman–Crippen LogP) is 0.231. The molecule has 1 aliphatic heterocycles. The number of fused-ring (bicyclic) bond motifs is 1. The predicted molar refractivity (Wildman–Crippen MR) is 74.7 cm³/mol.